The van der Waals surface area contributed by atoms with Crippen LogP contribution in [0.4, 0.5) is 0 Å². The molecular weight excluding hydrogens is 612 g/mol. The van der Waals surface area contributed by atoms with E-state index in [4.69, 9.17) is 22.9 Å². The molecule has 0 aromatic heterocycles. The number of carboxylic acids is 1. The van der Waals surface area contributed by atoms with Crippen LogP contribution in [0.3, 0.4) is 0 Å². The van der Waals surface area contributed by atoms with Crippen molar-refractivity contribution in [2.75, 3.05) is 19.6 Å². The predicted molar refractivity (Wildman–Crippen MR) is 178 cm³/mol. The Hall–Kier alpha value is -3.99. The fourth-order valence-corrected chi connectivity index (χ4v) is 4.55. The Morgan fingerprint density at radius 1 is 0.660 bits per heavy atom. The lowest BCUT2D eigenvalue weighted by molar-refractivity contribution is -0.144. The van der Waals surface area contributed by atoms with Gasteiger partial charge in [-0.25, -0.2) is 4.79 Å². The Kier molecular flexibility index (Phi) is 20.6. The summed E-state index contributed by atoms with van der Waals surface area (Å²) in [7, 11) is 0. The molecule has 0 spiro atoms. The standard InChI is InChI=1S/C30H58N10O7/c1-7-18(6)24(38-21(41)15-32)28(45)37-20(12-10-14-35-30(33)34)25(42)36-19(11-8-9-13-31)26(43)39-22(16(2)3)27(44)40-23(17(4)5)29(46)47/h16-20,22-24H,7-15,31-32H2,1-6H3,(H,36,42)(H,37,45)(H,38,41)(H,39,43)(H,40,44)(H,46,47)(H4,33,34,35). The molecule has 47 heavy (non-hydrogen) atoms. The van der Waals surface area contributed by atoms with Crippen LogP contribution in [-0.2, 0) is 28.8 Å². The summed E-state index contributed by atoms with van der Waals surface area (Å²) in [6, 6.07) is -5.51. The number of rotatable bonds is 23. The summed E-state index contributed by atoms with van der Waals surface area (Å²) < 4.78 is 0. The predicted octanol–water partition coefficient (Wildman–Crippen LogP) is -2.01. The van der Waals surface area contributed by atoms with Gasteiger partial charge in [-0.15, -0.1) is 0 Å². The maximum absolute atomic E-state index is 13.7. The molecular formula is C30H58N10O7. The first kappa shape index (κ1) is 43.0. The zero-order valence-electron chi connectivity index (χ0n) is 28.6. The number of nitrogens with one attached hydrogen (secondary N) is 5. The number of aliphatic imine (C=N–C) groups is 1. The van der Waals surface area contributed by atoms with E-state index in [1.165, 1.54) is 0 Å². The first-order valence-electron chi connectivity index (χ1n) is 16.2. The highest BCUT2D eigenvalue weighted by Gasteiger charge is 2.34. The molecule has 6 atom stereocenters. The first-order valence-corrected chi connectivity index (χ1v) is 16.2. The van der Waals surface area contributed by atoms with Crippen molar-refractivity contribution < 1.29 is 33.9 Å². The van der Waals surface area contributed by atoms with Crippen LogP contribution in [0.5, 0.6) is 0 Å². The van der Waals surface area contributed by atoms with Crippen molar-refractivity contribution in [2.24, 2.45) is 45.7 Å². The number of nitrogens with two attached hydrogens (primary N) is 4. The van der Waals surface area contributed by atoms with E-state index in [1.807, 2.05) is 6.92 Å². The number of carbonyl (C=O) groups excluding carboxylic acids is 5. The lowest BCUT2D eigenvalue weighted by Crippen LogP contribution is -2.60. The number of amides is 5. The van der Waals surface area contributed by atoms with Gasteiger partial charge in [-0.3, -0.25) is 29.0 Å². The van der Waals surface area contributed by atoms with Crippen LogP contribution in [0.1, 0.15) is 80.1 Å². The average Bonchev–Trinajstić information content (AvgIpc) is 3.00. The third kappa shape index (κ3) is 16.4. The summed E-state index contributed by atoms with van der Waals surface area (Å²) in [4.78, 5) is 81.3. The van der Waals surface area contributed by atoms with Crippen LogP contribution in [0.2, 0.25) is 0 Å². The minimum atomic E-state index is -1.21. The van der Waals surface area contributed by atoms with Gasteiger partial charge in [0, 0.05) is 6.54 Å². The van der Waals surface area contributed by atoms with Gasteiger partial charge in [0.2, 0.25) is 29.5 Å². The maximum atomic E-state index is 13.7. The number of hydrogen-bond donors (Lipinski definition) is 10. The SMILES string of the molecule is CCC(C)C(NC(=O)CN)C(=O)NC(CCCN=C(N)N)C(=O)NC(CCCCN)C(=O)NC(C(=O)NC(C(=O)O)C(C)C)C(C)C. The van der Waals surface area contributed by atoms with E-state index < -0.39 is 77.6 Å². The summed E-state index contributed by atoms with van der Waals surface area (Å²) >= 11 is 0. The maximum Gasteiger partial charge on any atom is 0.326 e. The number of carboxylic acid groups (broad SMARTS) is 1. The molecule has 6 unspecified atom stereocenters. The number of hydrogen-bond acceptors (Lipinski definition) is 9. The molecule has 0 fully saturated rings. The van der Waals surface area contributed by atoms with Crippen molar-refractivity contribution in [1.82, 2.24) is 26.6 Å². The van der Waals surface area contributed by atoms with Crippen LogP contribution >= 0.6 is 0 Å². The quantitative estimate of drug-likeness (QED) is 0.0322. The zero-order valence-corrected chi connectivity index (χ0v) is 28.6. The molecule has 0 aromatic rings. The van der Waals surface area contributed by atoms with Crippen molar-refractivity contribution in [2.45, 2.75) is 110 Å². The Morgan fingerprint density at radius 3 is 1.62 bits per heavy atom. The van der Waals surface area contributed by atoms with Crippen molar-refractivity contribution in [3.63, 3.8) is 0 Å². The normalized spacial score (nSPS) is 14.9. The van der Waals surface area contributed by atoms with Gasteiger partial charge in [-0.2, -0.15) is 0 Å². The van der Waals surface area contributed by atoms with Gasteiger partial charge < -0.3 is 54.6 Å². The summed E-state index contributed by atoms with van der Waals surface area (Å²) in [5, 5.41) is 22.7. The van der Waals surface area contributed by atoms with Gasteiger partial charge in [0.05, 0.1) is 6.54 Å². The minimum Gasteiger partial charge on any atom is -0.480 e. The van der Waals surface area contributed by atoms with Crippen LogP contribution < -0.4 is 49.5 Å². The Labute approximate surface area is 277 Å². The molecule has 0 aliphatic heterocycles. The van der Waals surface area contributed by atoms with Crippen LogP contribution in [0.15, 0.2) is 4.99 Å². The Morgan fingerprint density at radius 2 is 1.15 bits per heavy atom. The van der Waals surface area contributed by atoms with E-state index in [0.29, 0.717) is 32.2 Å². The lowest BCUT2D eigenvalue weighted by atomic mass is 9.97. The van der Waals surface area contributed by atoms with E-state index in [0.717, 1.165) is 0 Å². The topological polar surface area (TPSA) is 299 Å². The smallest absolute Gasteiger partial charge is 0.326 e. The van der Waals surface area contributed by atoms with Crippen LogP contribution in [0, 0.1) is 17.8 Å². The molecule has 5 amide bonds. The first-order chi connectivity index (χ1) is 22.0. The van der Waals surface area contributed by atoms with E-state index >= 15 is 0 Å². The lowest BCUT2D eigenvalue weighted by Gasteiger charge is -2.29. The molecule has 0 rings (SSSR count). The number of carbonyl (C=O) groups is 6. The molecule has 14 N–H and O–H groups in total. The van der Waals surface area contributed by atoms with Crippen molar-refractivity contribution in [3.8, 4) is 0 Å². The molecule has 0 bridgehead atoms. The third-order valence-corrected chi connectivity index (χ3v) is 7.63. The minimum absolute atomic E-state index is 0.0896. The zero-order chi connectivity index (χ0) is 36.3. The van der Waals surface area contributed by atoms with Crippen molar-refractivity contribution in [1.29, 1.82) is 0 Å². The number of aliphatic carboxylic acids is 1. The fraction of sp³-hybridized carbons (Fsp3) is 0.767. The molecule has 17 heteroatoms. The largest absolute Gasteiger partial charge is 0.480 e. The fourth-order valence-electron chi connectivity index (χ4n) is 4.55. The number of nitrogens with zero attached hydrogens (tertiary/aromatic N) is 1. The number of unbranched alkanes of at least 4 members (excludes halogenated alkanes) is 1. The highest BCUT2D eigenvalue weighted by atomic mass is 16.4. The van der Waals surface area contributed by atoms with Crippen LogP contribution in [-0.4, -0.2) is 96.4 Å². The number of guanidine groups is 1. The van der Waals surface area contributed by atoms with Crippen LogP contribution in [0.25, 0.3) is 0 Å². The van der Waals surface area contributed by atoms with Gasteiger partial charge in [0.1, 0.15) is 30.2 Å². The second-order valence-electron chi connectivity index (χ2n) is 12.3. The monoisotopic (exact) mass is 670 g/mol. The molecule has 0 radical (unpaired) electrons. The molecule has 0 aromatic carbocycles. The molecule has 17 nitrogen and oxygen atoms in total. The van der Waals surface area contributed by atoms with E-state index in [9.17, 15) is 33.9 Å². The average molecular weight is 671 g/mol. The third-order valence-electron chi connectivity index (χ3n) is 7.63. The Bertz CT molecular complexity index is 1070. The second-order valence-corrected chi connectivity index (χ2v) is 12.3. The van der Waals surface area contributed by atoms with Gasteiger partial charge in [0.25, 0.3) is 0 Å². The van der Waals surface area contributed by atoms with Gasteiger partial charge in [0.15, 0.2) is 5.96 Å². The summed E-state index contributed by atoms with van der Waals surface area (Å²) in [5.41, 5.74) is 21.9. The van der Waals surface area contributed by atoms with Crippen molar-refractivity contribution in [3.05, 3.63) is 0 Å². The molecule has 270 valence electrons. The van der Waals surface area contributed by atoms with Crippen molar-refractivity contribution >= 4 is 41.5 Å². The summed E-state index contributed by atoms with van der Waals surface area (Å²) in [6.07, 6.45) is 2.11. The molecule has 0 aliphatic carbocycles. The van der Waals surface area contributed by atoms with E-state index in [1.54, 1.807) is 34.6 Å². The highest BCUT2D eigenvalue weighted by Crippen LogP contribution is 2.12. The van der Waals surface area contributed by atoms with Gasteiger partial charge >= 0.3 is 5.97 Å². The van der Waals surface area contributed by atoms with E-state index in [2.05, 4.69) is 31.6 Å². The highest BCUT2D eigenvalue weighted by molar-refractivity contribution is 5.96. The molecule has 0 aliphatic rings. The molecule has 0 saturated carbocycles. The summed E-state index contributed by atoms with van der Waals surface area (Å²) in [6.45, 7) is 10.5. The molecule has 0 saturated heterocycles. The van der Waals surface area contributed by atoms with E-state index in [-0.39, 0.29) is 37.8 Å². The second kappa shape index (κ2) is 22.5. The molecule has 0 heterocycles. The van der Waals surface area contributed by atoms with Gasteiger partial charge in [-0.1, -0.05) is 48.0 Å². The summed E-state index contributed by atoms with van der Waals surface area (Å²) in [5.74, 6) is -5.65. The Balaban J connectivity index is 6.21. The van der Waals surface area contributed by atoms with Gasteiger partial charge in [-0.05, 0) is 56.4 Å².